The standard InChI is InChI=1S/C17H17N3O4/c1-18-17(23)20-14(21)9-24-16(22)15-10-5-2-3-7-12(10)19-13-8-4-6-11(13)15/h2-3,5,7H,4,6,8-9H2,1H3,(H2,18,20,21,23). The molecule has 1 aliphatic rings. The van der Waals surface area contributed by atoms with Gasteiger partial charge < -0.3 is 10.1 Å². The molecule has 1 aromatic carbocycles. The molecule has 3 amide bonds. The van der Waals surface area contributed by atoms with Crippen molar-refractivity contribution < 1.29 is 19.1 Å². The maximum atomic E-state index is 12.5. The number of imide groups is 1. The van der Waals surface area contributed by atoms with E-state index in [1.165, 1.54) is 7.05 Å². The minimum absolute atomic E-state index is 0.473. The van der Waals surface area contributed by atoms with Crippen LogP contribution in [0, 0.1) is 0 Å². The Morgan fingerprint density at radius 1 is 1.21 bits per heavy atom. The number of urea groups is 1. The van der Waals surface area contributed by atoms with Crippen LogP contribution in [0.25, 0.3) is 10.9 Å². The normalized spacial score (nSPS) is 12.5. The van der Waals surface area contributed by atoms with Crippen LogP contribution in [0.4, 0.5) is 4.79 Å². The Balaban J connectivity index is 1.85. The molecule has 0 radical (unpaired) electrons. The molecule has 0 unspecified atom stereocenters. The number of hydrogen-bond acceptors (Lipinski definition) is 5. The van der Waals surface area contributed by atoms with Gasteiger partial charge in [-0.15, -0.1) is 0 Å². The van der Waals surface area contributed by atoms with Crippen LogP contribution in [0.2, 0.25) is 0 Å². The van der Waals surface area contributed by atoms with Crippen LogP contribution in [0.3, 0.4) is 0 Å². The molecule has 124 valence electrons. The fourth-order valence-electron chi connectivity index (χ4n) is 2.87. The highest BCUT2D eigenvalue weighted by Gasteiger charge is 2.25. The summed E-state index contributed by atoms with van der Waals surface area (Å²) in [4.78, 5) is 39.8. The van der Waals surface area contributed by atoms with Gasteiger partial charge in [0.05, 0.1) is 11.1 Å². The topological polar surface area (TPSA) is 97.4 Å². The Bertz CT molecular complexity index is 832. The van der Waals surface area contributed by atoms with Crippen LogP contribution >= 0.6 is 0 Å². The number of benzene rings is 1. The van der Waals surface area contributed by atoms with Crippen molar-refractivity contribution in [1.29, 1.82) is 0 Å². The molecular formula is C17H17N3O4. The van der Waals surface area contributed by atoms with Gasteiger partial charge in [0.15, 0.2) is 6.61 Å². The summed E-state index contributed by atoms with van der Waals surface area (Å²) < 4.78 is 5.11. The lowest BCUT2D eigenvalue weighted by Crippen LogP contribution is -2.39. The number of pyridine rings is 1. The molecule has 1 aromatic heterocycles. The van der Waals surface area contributed by atoms with Gasteiger partial charge in [-0.25, -0.2) is 9.59 Å². The van der Waals surface area contributed by atoms with Gasteiger partial charge in [0, 0.05) is 18.1 Å². The summed E-state index contributed by atoms with van der Waals surface area (Å²) in [6.45, 7) is -0.516. The predicted molar refractivity (Wildman–Crippen MR) is 86.6 cm³/mol. The number of carbonyl (C=O) groups is 3. The zero-order valence-electron chi connectivity index (χ0n) is 13.2. The van der Waals surface area contributed by atoms with Gasteiger partial charge >= 0.3 is 12.0 Å². The summed E-state index contributed by atoms with van der Waals surface area (Å²) in [7, 11) is 1.39. The fraction of sp³-hybridized carbons (Fsp3) is 0.294. The van der Waals surface area contributed by atoms with E-state index in [2.05, 4.69) is 10.3 Å². The van der Waals surface area contributed by atoms with E-state index in [0.29, 0.717) is 5.56 Å². The molecule has 2 N–H and O–H groups in total. The van der Waals surface area contributed by atoms with E-state index in [0.717, 1.165) is 41.4 Å². The van der Waals surface area contributed by atoms with Crippen molar-refractivity contribution in [3.05, 3.63) is 41.1 Å². The highest BCUT2D eigenvalue weighted by Crippen LogP contribution is 2.30. The molecule has 0 aliphatic heterocycles. The number of aromatic nitrogens is 1. The second kappa shape index (κ2) is 6.66. The summed E-state index contributed by atoms with van der Waals surface area (Å²) in [5.74, 6) is -1.25. The summed E-state index contributed by atoms with van der Waals surface area (Å²) >= 11 is 0. The average Bonchev–Trinajstić information content (AvgIpc) is 3.05. The molecular weight excluding hydrogens is 310 g/mol. The third-order valence-electron chi connectivity index (χ3n) is 3.94. The zero-order valence-corrected chi connectivity index (χ0v) is 13.2. The number of aryl methyl sites for hydroxylation is 1. The van der Waals surface area contributed by atoms with Crippen molar-refractivity contribution in [2.24, 2.45) is 0 Å². The van der Waals surface area contributed by atoms with Gasteiger partial charge in [-0.3, -0.25) is 15.1 Å². The molecule has 3 rings (SSSR count). The number of ether oxygens (including phenoxy) is 1. The van der Waals surface area contributed by atoms with E-state index >= 15 is 0 Å². The van der Waals surface area contributed by atoms with Crippen molar-refractivity contribution in [2.75, 3.05) is 13.7 Å². The van der Waals surface area contributed by atoms with Crippen molar-refractivity contribution in [3.63, 3.8) is 0 Å². The molecule has 7 heteroatoms. The quantitative estimate of drug-likeness (QED) is 0.829. The molecule has 0 saturated heterocycles. The summed E-state index contributed by atoms with van der Waals surface area (Å²) in [5, 5.41) is 5.02. The number of amides is 3. The first-order valence-electron chi connectivity index (χ1n) is 7.69. The fourth-order valence-corrected chi connectivity index (χ4v) is 2.87. The zero-order chi connectivity index (χ0) is 17.1. The van der Waals surface area contributed by atoms with Crippen LogP contribution in [0.1, 0.15) is 28.0 Å². The van der Waals surface area contributed by atoms with Crippen LogP contribution < -0.4 is 10.6 Å². The van der Waals surface area contributed by atoms with Gasteiger partial charge in [-0.05, 0) is 30.9 Å². The van der Waals surface area contributed by atoms with E-state index in [1.807, 2.05) is 29.6 Å². The highest BCUT2D eigenvalue weighted by molar-refractivity contribution is 6.06. The molecule has 0 saturated carbocycles. The second-order valence-electron chi connectivity index (χ2n) is 5.49. The smallest absolute Gasteiger partial charge is 0.339 e. The molecule has 0 atom stereocenters. The second-order valence-corrected chi connectivity index (χ2v) is 5.49. The van der Waals surface area contributed by atoms with E-state index in [9.17, 15) is 14.4 Å². The molecule has 0 spiro atoms. The van der Waals surface area contributed by atoms with E-state index in [4.69, 9.17) is 4.74 Å². The predicted octanol–water partition coefficient (Wildman–Crippen LogP) is 1.34. The Morgan fingerprint density at radius 3 is 2.79 bits per heavy atom. The number of hydrogen-bond donors (Lipinski definition) is 2. The number of nitrogens with zero attached hydrogens (tertiary/aromatic N) is 1. The Morgan fingerprint density at radius 2 is 2.00 bits per heavy atom. The van der Waals surface area contributed by atoms with Crippen LogP contribution in [-0.2, 0) is 22.4 Å². The highest BCUT2D eigenvalue weighted by atomic mass is 16.5. The number of fused-ring (bicyclic) bond motifs is 2. The number of carbonyl (C=O) groups excluding carboxylic acids is 3. The van der Waals surface area contributed by atoms with Crippen molar-refractivity contribution >= 4 is 28.8 Å². The first-order valence-corrected chi connectivity index (χ1v) is 7.69. The Labute approximate surface area is 138 Å². The van der Waals surface area contributed by atoms with Gasteiger partial charge in [0.1, 0.15) is 0 Å². The molecule has 24 heavy (non-hydrogen) atoms. The van der Waals surface area contributed by atoms with E-state index < -0.39 is 24.5 Å². The molecule has 2 aromatic rings. The van der Waals surface area contributed by atoms with Crippen LogP contribution in [0.5, 0.6) is 0 Å². The monoisotopic (exact) mass is 327 g/mol. The SMILES string of the molecule is CNC(=O)NC(=O)COC(=O)c1c2c(nc3ccccc13)CCC2. The van der Waals surface area contributed by atoms with Gasteiger partial charge in [0.25, 0.3) is 5.91 Å². The minimum Gasteiger partial charge on any atom is -0.452 e. The third kappa shape index (κ3) is 3.05. The number of nitrogens with one attached hydrogen (secondary N) is 2. The molecule has 7 nitrogen and oxygen atoms in total. The molecule has 1 heterocycles. The maximum Gasteiger partial charge on any atom is 0.339 e. The first-order chi connectivity index (χ1) is 11.6. The summed E-state index contributed by atoms with van der Waals surface area (Å²) in [6, 6.07) is 6.72. The van der Waals surface area contributed by atoms with Gasteiger partial charge in [-0.2, -0.15) is 0 Å². The third-order valence-corrected chi connectivity index (χ3v) is 3.94. The van der Waals surface area contributed by atoms with Crippen molar-refractivity contribution in [1.82, 2.24) is 15.6 Å². The first kappa shape index (κ1) is 15.9. The van der Waals surface area contributed by atoms with Crippen molar-refractivity contribution in [3.8, 4) is 0 Å². The van der Waals surface area contributed by atoms with E-state index in [-0.39, 0.29) is 0 Å². The Kier molecular flexibility index (Phi) is 4.41. The lowest BCUT2D eigenvalue weighted by molar-refractivity contribution is -0.123. The van der Waals surface area contributed by atoms with Crippen LogP contribution in [0.15, 0.2) is 24.3 Å². The minimum atomic E-state index is -0.683. The number of rotatable bonds is 3. The lowest BCUT2D eigenvalue weighted by atomic mass is 10.0. The van der Waals surface area contributed by atoms with Gasteiger partial charge in [-0.1, -0.05) is 18.2 Å². The average molecular weight is 327 g/mol. The Hall–Kier alpha value is -2.96. The van der Waals surface area contributed by atoms with E-state index in [1.54, 1.807) is 0 Å². The largest absolute Gasteiger partial charge is 0.452 e. The maximum absolute atomic E-state index is 12.5. The summed E-state index contributed by atoms with van der Waals surface area (Å²) in [5.41, 5.74) is 3.02. The molecule has 0 fully saturated rings. The van der Waals surface area contributed by atoms with Crippen molar-refractivity contribution in [2.45, 2.75) is 19.3 Å². The molecule has 1 aliphatic carbocycles. The summed E-state index contributed by atoms with van der Waals surface area (Å²) in [6.07, 6.45) is 2.54. The number of para-hydroxylation sites is 1. The van der Waals surface area contributed by atoms with Gasteiger partial charge in [0.2, 0.25) is 0 Å². The molecule has 0 bridgehead atoms. The van der Waals surface area contributed by atoms with Crippen LogP contribution in [-0.4, -0.2) is 36.5 Å². The lowest BCUT2D eigenvalue weighted by Gasteiger charge is -2.12. The number of esters is 1.